The van der Waals surface area contributed by atoms with Gasteiger partial charge in [0.15, 0.2) is 0 Å². The van der Waals surface area contributed by atoms with E-state index >= 15 is 0 Å². The molecule has 2 aromatic carbocycles. The zero-order chi connectivity index (χ0) is 14.7. The highest BCUT2D eigenvalue weighted by Crippen LogP contribution is 2.28. The molecule has 0 radical (unpaired) electrons. The number of ether oxygens (including phenoxy) is 2. The van der Waals surface area contributed by atoms with Crippen molar-refractivity contribution >= 4 is 0 Å². The summed E-state index contributed by atoms with van der Waals surface area (Å²) >= 11 is 0. The molecule has 2 N–H and O–H groups in total. The summed E-state index contributed by atoms with van der Waals surface area (Å²) in [5.41, 5.74) is 10.8. The molecule has 0 aromatic heterocycles. The van der Waals surface area contributed by atoms with Crippen molar-refractivity contribution in [3.63, 3.8) is 0 Å². The van der Waals surface area contributed by atoms with Crippen LogP contribution in [0, 0.1) is 13.8 Å². The van der Waals surface area contributed by atoms with E-state index in [0.29, 0.717) is 0 Å². The van der Waals surface area contributed by atoms with Gasteiger partial charge in [-0.1, -0.05) is 18.2 Å². The fraction of sp³-hybridized carbons (Fsp3) is 0.294. The van der Waals surface area contributed by atoms with Gasteiger partial charge < -0.3 is 15.2 Å². The Morgan fingerprint density at radius 3 is 2.20 bits per heavy atom. The topological polar surface area (TPSA) is 44.5 Å². The minimum atomic E-state index is -0.148. The molecule has 0 spiro atoms. The van der Waals surface area contributed by atoms with Crippen LogP contribution < -0.4 is 15.2 Å². The van der Waals surface area contributed by atoms with Crippen LogP contribution in [0.3, 0.4) is 0 Å². The molecule has 0 aliphatic rings. The number of methoxy groups -OCH3 is 2. The predicted octanol–water partition coefficient (Wildman–Crippen LogP) is 3.37. The van der Waals surface area contributed by atoms with Crippen LogP contribution >= 0.6 is 0 Å². The monoisotopic (exact) mass is 271 g/mol. The third-order valence-electron chi connectivity index (χ3n) is 3.59. The number of hydrogen-bond donors (Lipinski definition) is 1. The van der Waals surface area contributed by atoms with Crippen LogP contribution in [0.4, 0.5) is 0 Å². The van der Waals surface area contributed by atoms with Crippen LogP contribution in [0.15, 0.2) is 36.4 Å². The summed E-state index contributed by atoms with van der Waals surface area (Å²) in [5.74, 6) is 1.73. The van der Waals surface area contributed by atoms with Gasteiger partial charge in [0.05, 0.1) is 20.3 Å². The van der Waals surface area contributed by atoms with Crippen molar-refractivity contribution in [1.82, 2.24) is 0 Å². The molecule has 0 fully saturated rings. The molecule has 1 atom stereocenters. The Morgan fingerprint density at radius 2 is 1.65 bits per heavy atom. The summed E-state index contributed by atoms with van der Waals surface area (Å²) in [6, 6.07) is 11.9. The summed E-state index contributed by atoms with van der Waals surface area (Å²) in [6.07, 6.45) is 0. The summed E-state index contributed by atoms with van der Waals surface area (Å²) in [5, 5.41) is 0. The van der Waals surface area contributed by atoms with Crippen LogP contribution in [0.5, 0.6) is 11.5 Å². The third kappa shape index (κ3) is 2.78. The average molecular weight is 271 g/mol. The van der Waals surface area contributed by atoms with Crippen molar-refractivity contribution < 1.29 is 9.47 Å². The van der Waals surface area contributed by atoms with E-state index in [-0.39, 0.29) is 6.04 Å². The molecule has 0 amide bonds. The first-order valence-corrected chi connectivity index (χ1v) is 6.61. The number of benzene rings is 2. The Kier molecular flexibility index (Phi) is 4.30. The van der Waals surface area contributed by atoms with Crippen LogP contribution in [0.2, 0.25) is 0 Å². The lowest BCUT2D eigenvalue weighted by molar-refractivity contribution is 0.411. The van der Waals surface area contributed by atoms with E-state index in [1.807, 2.05) is 44.2 Å². The molecule has 3 nitrogen and oxygen atoms in total. The van der Waals surface area contributed by atoms with Gasteiger partial charge in [0.1, 0.15) is 11.5 Å². The first-order valence-electron chi connectivity index (χ1n) is 6.61. The number of hydrogen-bond acceptors (Lipinski definition) is 3. The van der Waals surface area contributed by atoms with Crippen molar-refractivity contribution in [2.24, 2.45) is 5.73 Å². The maximum atomic E-state index is 6.39. The number of aryl methyl sites for hydroxylation is 2. The Labute approximate surface area is 120 Å². The lowest BCUT2D eigenvalue weighted by atomic mass is 9.94. The third-order valence-corrected chi connectivity index (χ3v) is 3.59. The van der Waals surface area contributed by atoms with Gasteiger partial charge in [-0.2, -0.15) is 0 Å². The lowest BCUT2D eigenvalue weighted by Gasteiger charge is -2.17. The Bertz CT molecular complexity index is 608. The average Bonchev–Trinajstić information content (AvgIpc) is 2.46. The second-order valence-corrected chi connectivity index (χ2v) is 4.93. The molecule has 0 saturated heterocycles. The summed E-state index contributed by atoms with van der Waals surface area (Å²) in [7, 11) is 3.34. The smallest absolute Gasteiger partial charge is 0.121 e. The Hall–Kier alpha value is -2.00. The highest BCUT2D eigenvalue weighted by Gasteiger charge is 2.13. The van der Waals surface area contributed by atoms with E-state index in [0.717, 1.165) is 33.8 Å². The second-order valence-electron chi connectivity index (χ2n) is 4.93. The van der Waals surface area contributed by atoms with Gasteiger partial charge in [-0.25, -0.2) is 0 Å². The van der Waals surface area contributed by atoms with Crippen molar-refractivity contribution in [1.29, 1.82) is 0 Å². The molecule has 2 rings (SSSR count). The highest BCUT2D eigenvalue weighted by molar-refractivity contribution is 5.44. The summed E-state index contributed by atoms with van der Waals surface area (Å²) in [6.45, 7) is 4.07. The molecule has 2 aromatic rings. The molecular weight excluding hydrogens is 250 g/mol. The normalized spacial score (nSPS) is 12.1. The van der Waals surface area contributed by atoms with Gasteiger partial charge in [0.2, 0.25) is 0 Å². The zero-order valence-corrected chi connectivity index (χ0v) is 12.4. The first-order chi connectivity index (χ1) is 9.56. The molecule has 1 unspecified atom stereocenters. The van der Waals surface area contributed by atoms with Gasteiger partial charge in [-0.05, 0) is 54.3 Å². The first kappa shape index (κ1) is 14.4. The van der Waals surface area contributed by atoms with Crippen LogP contribution in [-0.2, 0) is 0 Å². The standard InChI is InChI=1S/C17H21NO2/c1-11-10-14(19-3)6-7-15(11)17(18)13-5-8-16(20-4)12(2)9-13/h5-10,17H,18H2,1-4H3. The fourth-order valence-corrected chi connectivity index (χ4v) is 2.40. The van der Waals surface area contributed by atoms with Gasteiger partial charge in [-0.3, -0.25) is 0 Å². The molecule has 0 heterocycles. The molecule has 3 heteroatoms. The lowest BCUT2D eigenvalue weighted by Crippen LogP contribution is -2.13. The number of rotatable bonds is 4. The largest absolute Gasteiger partial charge is 0.497 e. The van der Waals surface area contributed by atoms with Crippen molar-refractivity contribution in [3.05, 3.63) is 58.7 Å². The maximum absolute atomic E-state index is 6.39. The van der Waals surface area contributed by atoms with Gasteiger partial charge in [-0.15, -0.1) is 0 Å². The van der Waals surface area contributed by atoms with Crippen LogP contribution in [0.25, 0.3) is 0 Å². The SMILES string of the molecule is COc1ccc(C(N)c2ccc(OC)c(C)c2)c(C)c1. The molecule has 106 valence electrons. The van der Waals surface area contributed by atoms with Crippen LogP contribution in [-0.4, -0.2) is 14.2 Å². The van der Waals surface area contributed by atoms with Crippen molar-refractivity contribution in [2.45, 2.75) is 19.9 Å². The van der Waals surface area contributed by atoms with E-state index < -0.39 is 0 Å². The van der Waals surface area contributed by atoms with E-state index in [1.165, 1.54) is 0 Å². The minimum Gasteiger partial charge on any atom is -0.497 e. The quantitative estimate of drug-likeness (QED) is 0.927. The van der Waals surface area contributed by atoms with Crippen molar-refractivity contribution in [3.8, 4) is 11.5 Å². The summed E-state index contributed by atoms with van der Waals surface area (Å²) in [4.78, 5) is 0. The summed E-state index contributed by atoms with van der Waals surface area (Å²) < 4.78 is 10.5. The van der Waals surface area contributed by atoms with E-state index in [4.69, 9.17) is 15.2 Å². The Morgan fingerprint density at radius 1 is 0.900 bits per heavy atom. The molecule has 0 saturated carbocycles. The highest BCUT2D eigenvalue weighted by atomic mass is 16.5. The minimum absolute atomic E-state index is 0.148. The van der Waals surface area contributed by atoms with Crippen molar-refractivity contribution in [2.75, 3.05) is 14.2 Å². The maximum Gasteiger partial charge on any atom is 0.121 e. The molecule has 0 aliphatic heterocycles. The van der Waals surface area contributed by atoms with E-state index in [2.05, 4.69) is 6.07 Å². The second kappa shape index (κ2) is 5.97. The van der Waals surface area contributed by atoms with Gasteiger partial charge >= 0.3 is 0 Å². The molecule has 20 heavy (non-hydrogen) atoms. The van der Waals surface area contributed by atoms with Crippen LogP contribution in [0.1, 0.15) is 28.3 Å². The zero-order valence-electron chi connectivity index (χ0n) is 12.4. The predicted molar refractivity (Wildman–Crippen MR) is 81.5 cm³/mol. The van der Waals surface area contributed by atoms with Gasteiger partial charge in [0, 0.05) is 0 Å². The van der Waals surface area contributed by atoms with E-state index in [1.54, 1.807) is 14.2 Å². The molecule has 0 aliphatic carbocycles. The van der Waals surface area contributed by atoms with Gasteiger partial charge in [0.25, 0.3) is 0 Å². The number of nitrogens with two attached hydrogens (primary N) is 1. The fourth-order valence-electron chi connectivity index (χ4n) is 2.40. The van der Waals surface area contributed by atoms with E-state index in [9.17, 15) is 0 Å². The molecular formula is C17H21NO2. The molecule has 0 bridgehead atoms. The Balaban J connectivity index is 2.35.